The van der Waals surface area contributed by atoms with Crippen LogP contribution in [0.25, 0.3) is 0 Å². The highest BCUT2D eigenvalue weighted by Gasteiger charge is 2.06. The molecule has 0 radical (unpaired) electrons. The molecule has 0 unspecified atom stereocenters. The predicted octanol–water partition coefficient (Wildman–Crippen LogP) is 3.16. The summed E-state index contributed by atoms with van der Waals surface area (Å²) in [4.78, 5) is 12.0. The lowest BCUT2D eigenvalue weighted by Gasteiger charge is -2.04. The van der Waals surface area contributed by atoms with Crippen molar-refractivity contribution in [3.8, 4) is 0 Å². The molecule has 0 amide bonds. The molecule has 0 aliphatic rings. The molecule has 13 heavy (non-hydrogen) atoms. The van der Waals surface area contributed by atoms with Gasteiger partial charge in [-0.3, -0.25) is 0 Å². The van der Waals surface area contributed by atoms with Crippen molar-refractivity contribution in [2.45, 2.75) is 18.7 Å². The van der Waals surface area contributed by atoms with E-state index in [1.165, 1.54) is 7.11 Å². The molecule has 0 bridgehead atoms. The number of ether oxygens (including phenoxy) is 1. The zero-order chi connectivity index (χ0) is 9.84. The highest BCUT2D eigenvalue weighted by atomic mass is 32.2. The van der Waals surface area contributed by atoms with Crippen LogP contribution in [0.5, 0.6) is 0 Å². The van der Waals surface area contributed by atoms with Crippen LogP contribution in [0.15, 0.2) is 23.1 Å². The van der Waals surface area contributed by atoms with E-state index >= 15 is 0 Å². The molecular weight excluding hydrogens is 184 g/mol. The molecule has 70 valence electrons. The van der Waals surface area contributed by atoms with Crippen molar-refractivity contribution in [3.63, 3.8) is 0 Å². The Kier molecular flexibility index (Phi) is 3.37. The fourth-order valence-corrected chi connectivity index (χ4v) is 1.69. The zero-order valence-electron chi connectivity index (χ0n) is 7.96. The lowest BCUT2D eigenvalue weighted by molar-refractivity contribution is 0.200. The second kappa shape index (κ2) is 4.33. The Labute approximate surface area is 82.3 Å². The number of carbonyl (C=O) groups excluding carboxylic acids is 1. The van der Waals surface area contributed by atoms with E-state index in [-0.39, 0.29) is 5.30 Å². The number of thioether (sulfide) groups is 1. The fraction of sp³-hybridized carbons (Fsp3) is 0.300. The third kappa shape index (κ3) is 2.77. The van der Waals surface area contributed by atoms with E-state index in [0.717, 1.165) is 27.8 Å². The molecule has 1 aromatic carbocycles. The summed E-state index contributed by atoms with van der Waals surface area (Å²) in [5, 5.41) is -0.270. The van der Waals surface area contributed by atoms with Gasteiger partial charge in [-0.15, -0.1) is 0 Å². The molecule has 1 rings (SSSR count). The summed E-state index contributed by atoms with van der Waals surface area (Å²) < 4.78 is 4.57. The van der Waals surface area contributed by atoms with Crippen molar-refractivity contribution in [2.24, 2.45) is 0 Å². The van der Waals surface area contributed by atoms with Crippen LogP contribution < -0.4 is 0 Å². The maximum Gasteiger partial charge on any atom is 0.371 e. The fourth-order valence-electron chi connectivity index (χ4n) is 0.949. The Morgan fingerprint density at radius 1 is 1.38 bits per heavy atom. The van der Waals surface area contributed by atoms with Crippen molar-refractivity contribution < 1.29 is 9.53 Å². The summed E-state index contributed by atoms with van der Waals surface area (Å²) in [6.45, 7) is 3.98. The van der Waals surface area contributed by atoms with E-state index in [2.05, 4.69) is 4.74 Å². The Morgan fingerprint density at radius 2 is 2.08 bits per heavy atom. The van der Waals surface area contributed by atoms with Gasteiger partial charge in [0.05, 0.1) is 7.11 Å². The van der Waals surface area contributed by atoms with Gasteiger partial charge in [-0.25, -0.2) is 4.79 Å². The van der Waals surface area contributed by atoms with Gasteiger partial charge in [0.25, 0.3) is 0 Å². The van der Waals surface area contributed by atoms with Gasteiger partial charge in [0.15, 0.2) is 0 Å². The molecule has 0 fully saturated rings. The number of hydrogen-bond acceptors (Lipinski definition) is 3. The Hall–Kier alpha value is -0.960. The summed E-state index contributed by atoms with van der Waals surface area (Å²) in [5.74, 6) is 0. The normalized spacial score (nSPS) is 9.77. The predicted molar refractivity (Wildman–Crippen MR) is 54.2 cm³/mol. The molecular formula is C10H12O2S. The largest absolute Gasteiger partial charge is 0.461 e. The van der Waals surface area contributed by atoms with Crippen LogP contribution >= 0.6 is 11.8 Å². The van der Waals surface area contributed by atoms with E-state index in [0.29, 0.717) is 0 Å². The van der Waals surface area contributed by atoms with Crippen LogP contribution in [0.4, 0.5) is 4.79 Å². The maximum atomic E-state index is 11.0. The molecule has 0 aromatic heterocycles. The molecule has 0 N–H and O–H groups in total. The summed E-state index contributed by atoms with van der Waals surface area (Å²) in [6, 6.07) is 6.01. The van der Waals surface area contributed by atoms with Gasteiger partial charge in [0.1, 0.15) is 0 Å². The van der Waals surface area contributed by atoms with Crippen LogP contribution in [0.2, 0.25) is 0 Å². The highest BCUT2D eigenvalue weighted by Crippen LogP contribution is 2.24. The molecule has 2 nitrogen and oxygen atoms in total. The van der Waals surface area contributed by atoms with Gasteiger partial charge in [-0.1, -0.05) is 12.1 Å². The first-order valence-electron chi connectivity index (χ1n) is 3.96. The average molecular weight is 196 g/mol. The number of methoxy groups -OCH3 is 1. The van der Waals surface area contributed by atoms with Crippen LogP contribution in [0.3, 0.4) is 0 Å². The van der Waals surface area contributed by atoms with Crippen LogP contribution in [0, 0.1) is 13.8 Å². The number of hydrogen-bond donors (Lipinski definition) is 0. The first-order valence-corrected chi connectivity index (χ1v) is 4.78. The molecule has 0 aliphatic carbocycles. The lowest BCUT2D eigenvalue weighted by Crippen LogP contribution is -1.92. The van der Waals surface area contributed by atoms with Crippen LogP contribution in [-0.2, 0) is 4.74 Å². The second-order valence-corrected chi connectivity index (χ2v) is 3.80. The lowest BCUT2D eigenvalue weighted by atomic mass is 10.2. The molecule has 0 saturated heterocycles. The van der Waals surface area contributed by atoms with Crippen molar-refractivity contribution in [1.82, 2.24) is 0 Å². The number of benzene rings is 1. The van der Waals surface area contributed by atoms with E-state index in [4.69, 9.17) is 0 Å². The number of aryl methyl sites for hydroxylation is 2. The van der Waals surface area contributed by atoms with Crippen LogP contribution in [-0.4, -0.2) is 12.4 Å². The Bertz CT molecular complexity index is 321. The van der Waals surface area contributed by atoms with Crippen LogP contribution in [0.1, 0.15) is 11.1 Å². The molecule has 3 heteroatoms. The monoisotopic (exact) mass is 196 g/mol. The quantitative estimate of drug-likeness (QED) is 0.510. The zero-order valence-corrected chi connectivity index (χ0v) is 8.77. The van der Waals surface area contributed by atoms with E-state index in [1.54, 1.807) is 0 Å². The third-order valence-electron chi connectivity index (χ3n) is 1.70. The minimum atomic E-state index is -0.270. The molecule has 0 atom stereocenters. The van der Waals surface area contributed by atoms with Gasteiger partial charge in [-0.05, 0) is 42.8 Å². The summed E-state index contributed by atoms with van der Waals surface area (Å²) in [7, 11) is 1.39. The van der Waals surface area contributed by atoms with Crippen molar-refractivity contribution in [2.75, 3.05) is 7.11 Å². The van der Waals surface area contributed by atoms with E-state index in [9.17, 15) is 4.79 Å². The number of rotatable bonds is 1. The van der Waals surface area contributed by atoms with E-state index in [1.807, 2.05) is 32.0 Å². The summed E-state index contributed by atoms with van der Waals surface area (Å²) in [6.07, 6.45) is 0. The molecule has 1 aromatic rings. The Morgan fingerprint density at radius 3 is 2.69 bits per heavy atom. The van der Waals surface area contributed by atoms with Gasteiger partial charge in [0.2, 0.25) is 0 Å². The highest BCUT2D eigenvalue weighted by molar-refractivity contribution is 8.13. The minimum Gasteiger partial charge on any atom is -0.461 e. The molecule has 0 aliphatic heterocycles. The maximum absolute atomic E-state index is 11.0. The first-order chi connectivity index (χ1) is 6.13. The third-order valence-corrected chi connectivity index (χ3v) is 2.70. The van der Waals surface area contributed by atoms with Gasteiger partial charge in [0, 0.05) is 4.90 Å². The molecule has 0 saturated carbocycles. The number of carbonyl (C=O) groups is 1. The van der Waals surface area contributed by atoms with Crippen molar-refractivity contribution in [1.29, 1.82) is 0 Å². The van der Waals surface area contributed by atoms with Gasteiger partial charge >= 0.3 is 5.30 Å². The summed E-state index contributed by atoms with van der Waals surface area (Å²) in [5.41, 5.74) is 2.25. The Balaban J connectivity index is 2.87. The smallest absolute Gasteiger partial charge is 0.371 e. The van der Waals surface area contributed by atoms with Crippen molar-refractivity contribution >= 4 is 17.1 Å². The molecule has 0 heterocycles. The van der Waals surface area contributed by atoms with E-state index < -0.39 is 0 Å². The minimum absolute atomic E-state index is 0.270. The van der Waals surface area contributed by atoms with Gasteiger partial charge in [-0.2, -0.15) is 0 Å². The van der Waals surface area contributed by atoms with Crippen molar-refractivity contribution in [3.05, 3.63) is 29.3 Å². The molecule has 0 spiro atoms. The first kappa shape index (κ1) is 10.1. The summed E-state index contributed by atoms with van der Waals surface area (Å²) >= 11 is 1.12. The average Bonchev–Trinajstić information content (AvgIpc) is 2.11. The standard InChI is InChI=1S/C10H12O2S/c1-7-4-5-8(2)9(6-7)13-10(11)12-3/h4-6H,1-3H3. The SMILES string of the molecule is COC(=O)Sc1cc(C)ccc1C. The topological polar surface area (TPSA) is 26.3 Å². The van der Waals surface area contributed by atoms with Gasteiger partial charge < -0.3 is 4.74 Å². The second-order valence-electron chi connectivity index (χ2n) is 2.83.